The minimum atomic E-state index is 0.754. The average molecular weight is 201 g/mol. The number of rotatable bonds is 6. The van der Waals surface area contributed by atoms with Gasteiger partial charge in [-0.25, -0.2) is 0 Å². The van der Waals surface area contributed by atoms with Gasteiger partial charge in [0.1, 0.15) is 0 Å². The smallest absolute Gasteiger partial charge is 0.0991 e. The summed E-state index contributed by atoms with van der Waals surface area (Å²) in [5.74, 6) is 0. The number of hydrogen-bond acceptors (Lipinski definition) is 1. The summed E-state index contributed by atoms with van der Waals surface area (Å²) >= 11 is 0. The lowest BCUT2D eigenvalue weighted by Gasteiger charge is -2.01. The highest BCUT2D eigenvalue weighted by molar-refractivity contribution is 5.31. The Hall–Kier alpha value is -1.29. The van der Waals surface area contributed by atoms with Gasteiger partial charge in [-0.3, -0.25) is 0 Å². The molecule has 0 aliphatic heterocycles. The molecule has 1 rings (SSSR count). The van der Waals surface area contributed by atoms with Crippen molar-refractivity contribution in [3.05, 3.63) is 35.4 Å². The first-order chi connectivity index (χ1) is 7.36. The quantitative estimate of drug-likeness (QED) is 0.636. The Labute approximate surface area is 92.7 Å². The van der Waals surface area contributed by atoms with Crippen molar-refractivity contribution in [2.45, 2.75) is 45.4 Å². The summed E-state index contributed by atoms with van der Waals surface area (Å²) < 4.78 is 0. The zero-order valence-corrected chi connectivity index (χ0v) is 9.50. The SMILES string of the molecule is CCCCCCCc1ccc(C#N)cc1. The monoisotopic (exact) mass is 201 g/mol. The Morgan fingerprint density at radius 2 is 1.67 bits per heavy atom. The molecule has 0 aromatic heterocycles. The van der Waals surface area contributed by atoms with E-state index >= 15 is 0 Å². The number of nitrogens with zero attached hydrogens (tertiary/aromatic N) is 1. The lowest BCUT2D eigenvalue weighted by molar-refractivity contribution is 0.632. The topological polar surface area (TPSA) is 23.8 Å². The van der Waals surface area contributed by atoms with Crippen LogP contribution in [0, 0.1) is 11.3 Å². The minimum Gasteiger partial charge on any atom is -0.192 e. The van der Waals surface area contributed by atoms with E-state index in [4.69, 9.17) is 5.26 Å². The Morgan fingerprint density at radius 1 is 1.00 bits per heavy atom. The van der Waals surface area contributed by atoms with E-state index in [0.29, 0.717) is 0 Å². The molecule has 0 aliphatic carbocycles. The Morgan fingerprint density at radius 3 is 2.27 bits per heavy atom. The van der Waals surface area contributed by atoms with Gasteiger partial charge in [0.05, 0.1) is 11.6 Å². The highest BCUT2D eigenvalue weighted by Crippen LogP contribution is 2.09. The van der Waals surface area contributed by atoms with Gasteiger partial charge in [0, 0.05) is 0 Å². The molecule has 0 saturated heterocycles. The summed E-state index contributed by atoms with van der Waals surface area (Å²) in [6.07, 6.45) is 7.76. The molecule has 1 nitrogen and oxygen atoms in total. The zero-order chi connectivity index (χ0) is 10.9. The molecule has 0 saturated carbocycles. The molecule has 1 aromatic rings. The van der Waals surface area contributed by atoms with Crippen molar-refractivity contribution in [3.63, 3.8) is 0 Å². The number of unbranched alkanes of at least 4 members (excludes halogenated alkanes) is 4. The summed E-state index contributed by atoms with van der Waals surface area (Å²) in [7, 11) is 0. The minimum absolute atomic E-state index is 0.754. The van der Waals surface area contributed by atoms with Crippen molar-refractivity contribution in [2.24, 2.45) is 0 Å². The average Bonchev–Trinajstić information content (AvgIpc) is 2.30. The molecule has 0 radical (unpaired) electrons. The van der Waals surface area contributed by atoms with Crippen LogP contribution in [0.2, 0.25) is 0 Å². The van der Waals surface area contributed by atoms with Crippen molar-refractivity contribution in [1.29, 1.82) is 5.26 Å². The molecular formula is C14H19N. The molecule has 0 heterocycles. The van der Waals surface area contributed by atoms with E-state index in [-0.39, 0.29) is 0 Å². The molecule has 0 amide bonds. The number of nitriles is 1. The molecule has 1 aromatic carbocycles. The first kappa shape index (κ1) is 11.8. The molecule has 15 heavy (non-hydrogen) atoms. The Kier molecular flexibility index (Phi) is 5.55. The molecule has 0 bridgehead atoms. The second-order valence-electron chi connectivity index (χ2n) is 3.97. The van der Waals surface area contributed by atoms with Gasteiger partial charge in [0.25, 0.3) is 0 Å². The van der Waals surface area contributed by atoms with Crippen LogP contribution in [0.1, 0.15) is 50.2 Å². The van der Waals surface area contributed by atoms with Gasteiger partial charge in [0.15, 0.2) is 0 Å². The second kappa shape index (κ2) is 7.06. The van der Waals surface area contributed by atoms with Crippen molar-refractivity contribution in [1.82, 2.24) is 0 Å². The van der Waals surface area contributed by atoms with Gasteiger partial charge in [-0.05, 0) is 30.5 Å². The van der Waals surface area contributed by atoms with Crippen LogP contribution in [-0.4, -0.2) is 0 Å². The summed E-state index contributed by atoms with van der Waals surface area (Å²) in [5.41, 5.74) is 2.11. The number of benzene rings is 1. The summed E-state index contributed by atoms with van der Waals surface area (Å²) in [6.45, 7) is 2.24. The molecule has 0 atom stereocenters. The first-order valence-electron chi connectivity index (χ1n) is 5.86. The zero-order valence-electron chi connectivity index (χ0n) is 9.50. The van der Waals surface area contributed by atoms with Crippen molar-refractivity contribution >= 4 is 0 Å². The third-order valence-electron chi connectivity index (χ3n) is 2.65. The van der Waals surface area contributed by atoms with E-state index in [2.05, 4.69) is 25.1 Å². The van der Waals surface area contributed by atoms with Gasteiger partial charge in [-0.1, -0.05) is 44.7 Å². The normalized spacial score (nSPS) is 9.87. The van der Waals surface area contributed by atoms with Gasteiger partial charge >= 0.3 is 0 Å². The van der Waals surface area contributed by atoms with E-state index in [1.54, 1.807) is 0 Å². The maximum Gasteiger partial charge on any atom is 0.0991 e. The van der Waals surface area contributed by atoms with E-state index in [9.17, 15) is 0 Å². The molecule has 1 heteroatoms. The highest BCUT2D eigenvalue weighted by Gasteiger charge is 1.94. The molecule has 0 fully saturated rings. The molecule has 0 unspecified atom stereocenters. The Bertz CT molecular complexity index is 305. The van der Waals surface area contributed by atoms with Crippen LogP contribution in [-0.2, 0) is 6.42 Å². The van der Waals surface area contributed by atoms with E-state index in [1.807, 2.05) is 12.1 Å². The van der Waals surface area contributed by atoms with Crippen molar-refractivity contribution in [2.75, 3.05) is 0 Å². The van der Waals surface area contributed by atoms with Gasteiger partial charge < -0.3 is 0 Å². The van der Waals surface area contributed by atoms with Crippen LogP contribution in [0.3, 0.4) is 0 Å². The molecule has 0 N–H and O–H groups in total. The molecule has 80 valence electrons. The largest absolute Gasteiger partial charge is 0.192 e. The lowest BCUT2D eigenvalue weighted by atomic mass is 10.0. The Balaban J connectivity index is 2.23. The van der Waals surface area contributed by atoms with Gasteiger partial charge in [0.2, 0.25) is 0 Å². The van der Waals surface area contributed by atoms with Crippen LogP contribution in [0.15, 0.2) is 24.3 Å². The van der Waals surface area contributed by atoms with E-state index < -0.39 is 0 Å². The fourth-order valence-electron chi connectivity index (χ4n) is 1.68. The van der Waals surface area contributed by atoms with Crippen molar-refractivity contribution < 1.29 is 0 Å². The predicted octanol–water partition coefficient (Wildman–Crippen LogP) is 4.07. The molecule has 0 spiro atoms. The maximum absolute atomic E-state index is 8.65. The third kappa shape index (κ3) is 4.65. The van der Waals surface area contributed by atoms with Gasteiger partial charge in [-0.15, -0.1) is 0 Å². The van der Waals surface area contributed by atoms with Gasteiger partial charge in [-0.2, -0.15) is 5.26 Å². The van der Waals surface area contributed by atoms with Crippen LogP contribution in [0.5, 0.6) is 0 Å². The summed E-state index contributed by atoms with van der Waals surface area (Å²) in [4.78, 5) is 0. The lowest BCUT2D eigenvalue weighted by Crippen LogP contribution is -1.86. The first-order valence-corrected chi connectivity index (χ1v) is 5.86. The summed E-state index contributed by atoms with van der Waals surface area (Å²) in [5, 5.41) is 8.65. The fraction of sp³-hybridized carbons (Fsp3) is 0.500. The third-order valence-corrected chi connectivity index (χ3v) is 2.65. The van der Waals surface area contributed by atoms with Crippen LogP contribution in [0.4, 0.5) is 0 Å². The predicted molar refractivity (Wildman–Crippen MR) is 63.6 cm³/mol. The van der Waals surface area contributed by atoms with E-state index in [0.717, 1.165) is 12.0 Å². The second-order valence-corrected chi connectivity index (χ2v) is 3.97. The molecular weight excluding hydrogens is 182 g/mol. The molecule has 0 aliphatic rings. The maximum atomic E-state index is 8.65. The number of aryl methyl sites for hydroxylation is 1. The van der Waals surface area contributed by atoms with Crippen LogP contribution in [0.25, 0.3) is 0 Å². The number of hydrogen-bond donors (Lipinski definition) is 0. The van der Waals surface area contributed by atoms with Crippen LogP contribution >= 0.6 is 0 Å². The van der Waals surface area contributed by atoms with Crippen LogP contribution < -0.4 is 0 Å². The summed E-state index contributed by atoms with van der Waals surface area (Å²) in [6, 6.07) is 10.1. The van der Waals surface area contributed by atoms with E-state index in [1.165, 1.54) is 37.7 Å². The fourth-order valence-corrected chi connectivity index (χ4v) is 1.68. The highest BCUT2D eigenvalue weighted by atomic mass is 14.2. The van der Waals surface area contributed by atoms with Crippen molar-refractivity contribution in [3.8, 4) is 6.07 Å². The standard InChI is InChI=1S/C14H19N/c1-2-3-4-5-6-7-13-8-10-14(12-15)11-9-13/h8-11H,2-7H2,1H3.